The number of hydrogen-bond acceptors (Lipinski definition) is 5. The molecular weight excluding hydrogens is 478 g/mol. The molecule has 1 amide bonds. The second-order valence-corrected chi connectivity index (χ2v) is 10.1. The molecule has 1 spiro atoms. The highest BCUT2D eigenvalue weighted by molar-refractivity contribution is 5.95. The number of benzene rings is 3. The highest BCUT2D eigenvalue weighted by Gasteiger charge is 2.40. The minimum atomic E-state index is -0.455. The van der Waals surface area contributed by atoms with Crippen molar-refractivity contribution in [2.45, 2.75) is 45.0 Å². The minimum absolute atomic E-state index is 0.0131. The summed E-state index contributed by atoms with van der Waals surface area (Å²) in [6.45, 7) is 6.18. The number of fused-ring (bicyclic) bond motifs is 1. The second-order valence-electron chi connectivity index (χ2n) is 10.1. The Kier molecular flexibility index (Phi) is 7.70. The molecule has 0 aromatic heterocycles. The van der Waals surface area contributed by atoms with E-state index in [0.29, 0.717) is 56.2 Å². The molecule has 1 fully saturated rings. The number of nitrogens with zero attached hydrogens (tertiary/aromatic N) is 1. The number of methoxy groups -OCH3 is 1. The first-order valence-corrected chi connectivity index (χ1v) is 13.2. The monoisotopic (exact) mass is 513 g/mol. The molecule has 198 valence electrons. The van der Waals surface area contributed by atoms with Crippen LogP contribution in [0.3, 0.4) is 0 Å². The molecule has 1 saturated heterocycles. The average Bonchev–Trinajstić information content (AvgIpc) is 2.93. The van der Waals surface area contributed by atoms with Gasteiger partial charge < -0.3 is 23.8 Å². The summed E-state index contributed by atoms with van der Waals surface area (Å²) in [6.07, 6.45) is 3.66. The van der Waals surface area contributed by atoms with Gasteiger partial charge in [-0.15, -0.1) is 0 Å². The van der Waals surface area contributed by atoms with Crippen LogP contribution in [-0.2, 0) is 11.3 Å². The van der Waals surface area contributed by atoms with Gasteiger partial charge >= 0.3 is 0 Å². The fraction of sp³-hybridized carbons (Fsp3) is 0.344. The van der Waals surface area contributed by atoms with Gasteiger partial charge in [0.15, 0.2) is 11.5 Å². The molecule has 3 aromatic rings. The molecule has 0 N–H and O–H groups in total. The molecular formula is C32H35NO5. The lowest BCUT2D eigenvalue weighted by molar-refractivity contribution is 0.0317. The summed E-state index contributed by atoms with van der Waals surface area (Å²) in [7, 11) is 1.59. The number of amides is 1. The predicted octanol–water partition coefficient (Wildman–Crippen LogP) is 6.15. The number of para-hydroxylation sites is 1. The first-order chi connectivity index (χ1) is 18.5. The Hall–Kier alpha value is -3.77. The summed E-state index contributed by atoms with van der Waals surface area (Å²) in [5.74, 6) is 2.06. The molecule has 6 heteroatoms. The van der Waals surface area contributed by atoms with Crippen molar-refractivity contribution in [3.63, 3.8) is 0 Å². The molecule has 6 nitrogen and oxygen atoms in total. The first kappa shape index (κ1) is 25.9. The summed E-state index contributed by atoms with van der Waals surface area (Å²) >= 11 is 0. The van der Waals surface area contributed by atoms with E-state index in [4.69, 9.17) is 18.9 Å². The second kappa shape index (κ2) is 11.3. The van der Waals surface area contributed by atoms with Gasteiger partial charge in [0.2, 0.25) is 0 Å². The van der Waals surface area contributed by atoms with Crippen LogP contribution in [0.1, 0.15) is 48.2 Å². The molecule has 2 heterocycles. The molecule has 2 aliphatic heterocycles. The van der Waals surface area contributed by atoms with Crippen molar-refractivity contribution in [2.24, 2.45) is 0 Å². The molecule has 0 aliphatic carbocycles. The van der Waals surface area contributed by atoms with Crippen molar-refractivity contribution in [3.05, 3.63) is 95.6 Å². The van der Waals surface area contributed by atoms with E-state index in [1.165, 1.54) is 0 Å². The predicted molar refractivity (Wildman–Crippen MR) is 148 cm³/mol. The fourth-order valence-electron chi connectivity index (χ4n) is 5.11. The van der Waals surface area contributed by atoms with Crippen LogP contribution in [0, 0.1) is 0 Å². The molecule has 0 saturated carbocycles. The van der Waals surface area contributed by atoms with Crippen LogP contribution in [0.2, 0.25) is 0 Å². The van der Waals surface area contributed by atoms with Crippen LogP contribution >= 0.6 is 0 Å². The van der Waals surface area contributed by atoms with Crippen molar-refractivity contribution in [1.29, 1.82) is 0 Å². The quantitative estimate of drug-likeness (QED) is 0.362. The Balaban J connectivity index is 1.28. The van der Waals surface area contributed by atoms with Gasteiger partial charge in [-0.25, -0.2) is 0 Å². The van der Waals surface area contributed by atoms with Gasteiger partial charge in [0.1, 0.15) is 11.4 Å². The summed E-state index contributed by atoms with van der Waals surface area (Å²) in [5.41, 5.74) is 3.49. The molecule has 5 rings (SSSR count). The largest absolute Gasteiger partial charge is 0.493 e. The lowest BCUT2D eigenvalue weighted by atomic mass is 9.85. The Morgan fingerprint density at radius 1 is 0.947 bits per heavy atom. The van der Waals surface area contributed by atoms with E-state index >= 15 is 0 Å². The standard InChI is InChI=1S/C32H35NO5/c1-23(2)37-29-14-13-25(19-30(29)35-3)31(34)33-17-15-32(16-18-33)20-26(27-11-7-8-12-28(27)38-32)22-36-21-24-9-5-4-6-10-24/h4-14,19-20,23H,15-18,21-22H2,1-3H3. The molecule has 0 radical (unpaired) electrons. The zero-order chi connectivity index (χ0) is 26.5. The first-order valence-electron chi connectivity index (χ1n) is 13.2. The SMILES string of the molecule is COc1cc(C(=O)N2CCC3(C=C(COCc4ccccc4)c4ccccc4O3)CC2)ccc1OC(C)C. The molecule has 0 unspecified atom stereocenters. The lowest BCUT2D eigenvalue weighted by Crippen LogP contribution is -2.49. The van der Waals surface area contributed by atoms with Gasteiger partial charge in [-0.2, -0.15) is 0 Å². The summed E-state index contributed by atoms with van der Waals surface area (Å²) in [5, 5.41) is 0. The van der Waals surface area contributed by atoms with Gasteiger partial charge in [0.05, 0.1) is 26.4 Å². The van der Waals surface area contributed by atoms with Crippen molar-refractivity contribution >= 4 is 11.5 Å². The Labute approximate surface area is 224 Å². The van der Waals surface area contributed by atoms with Crippen molar-refractivity contribution in [1.82, 2.24) is 4.90 Å². The van der Waals surface area contributed by atoms with Crippen LogP contribution in [0.5, 0.6) is 17.2 Å². The van der Waals surface area contributed by atoms with Crippen LogP contribution in [-0.4, -0.2) is 49.3 Å². The zero-order valence-corrected chi connectivity index (χ0v) is 22.3. The molecule has 3 aromatic carbocycles. The smallest absolute Gasteiger partial charge is 0.253 e. The van der Waals surface area contributed by atoms with Gasteiger partial charge in [-0.3, -0.25) is 4.79 Å². The molecule has 0 bridgehead atoms. The summed E-state index contributed by atoms with van der Waals surface area (Å²) < 4.78 is 24.0. The Bertz CT molecular complexity index is 1290. The van der Waals surface area contributed by atoms with Crippen LogP contribution in [0.15, 0.2) is 78.9 Å². The molecule has 0 atom stereocenters. The number of carbonyl (C=O) groups is 1. The maximum Gasteiger partial charge on any atom is 0.253 e. The van der Waals surface area contributed by atoms with E-state index in [-0.39, 0.29) is 12.0 Å². The van der Waals surface area contributed by atoms with Crippen LogP contribution in [0.25, 0.3) is 5.57 Å². The zero-order valence-electron chi connectivity index (χ0n) is 22.3. The van der Waals surface area contributed by atoms with Crippen LogP contribution in [0.4, 0.5) is 0 Å². The van der Waals surface area contributed by atoms with Crippen molar-refractivity contribution in [2.75, 3.05) is 26.8 Å². The fourth-order valence-corrected chi connectivity index (χ4v) is 5.11. The van der Waals surface area contributed by atoms with Gasteiger partial charge in [-0.05, 0) is 55.3 Å². The van der Waals surface area contributed by atoms with E-state index < -0.39 is 5.60 Å². The number of hydrogen-bond donors (Lipinski definition) is 0. The van der Waals surface area contributed by atoms with Crippen LogP contribution < -0.4 is 14.2 Å². The van der Waals surface area contributed by atoms with Gasteiger partial charge in [0.25, 0.3) is 5.91 Å². The van der Waals surface area contributed by atoms with E-state index in [1.54, 1.807) is 13.2 Å². The highest BCUT2D eigenvalue weighted by Crippen LogP contribution is 2.41. The van der Waals surface area contributed by atoms with E-state index in [0.717, 1.165) is 22.4 Å². The summed E-state index contributed by atoms with van der Waals surface area (Å²) in [6, 6.07) is 23.7. The normalized spacial score (nSPS) is 16.0. The maximum atomic E-state index is 13.4. The minimum Gasteiger partial charge on any atom is -0.493 e. The topological polar surface area (TPSA) is 57.2 Å². The van der Waals surface area contributed by atoms with E-state index in [2.05, 4.69) is 24.3 Å². The number of carbonyl (C=O) groups excluding carboxylic acids is 1. The lowest BCUT2D eigenvalue weighted by Gasteiger charge is -2.43. The number of piperidine rings is 1. The highest BCUT2D eigenvalue weighted by atomic mass is 16.5. The number of ether oxygens (including phenoxy) is 4. The van der Waals surface area contributed by atoms with E-state index in [1.807, 2.05) is 67.3 Å². The van der Waals surface area contributed by atoms with Gasteiger partial charge in [0, 0.05) is 37.1 Å². The van der Waals surface area contributed by atoms with Gasteiger partial charge in [-0.1, -0.05) is 48.5 Å². The number of rotatable bonds is 8. The Morgan fingerprint density at radius 3 is 2.42 bits per heavy atom. The third-order valence-electron chi connectivity index (χ3n) is 7.02. The van der Waals surface area contributed by atoms with Crippen molar-refractivity contribution in [3.8, 4) is 17.2 Å². The third-order valence-corrected chi connectivity index (χ3v) is 7.02. The third kappa shape index (κ3) is 5.70. The Morgan fingerprint density at radius 2 is 1.68 bits per heavy atom. The number of likely N-dealkylation sites (tertiary alicyclic amines) is 1. The molecule has 2 aliphatic rings. The van der Waals surface area contributed by atoms with E-state index in [9.17, 15) is 4.79 Å². The van der Waals surface area contributed by atoms with Crippen molar-refractivity contribution < 1.29 is 23.7 Å². The average molecular weight is 514 g/mol. The molecule has 38 heavy (non-hydrogen) atoms. The summed E-state index contributed by atoms with van der Waals surface area (Å²) in [4.78, 5) is 15.3. The maximum absolute atomic E-state index is 13.4.